The van der Waals surface area contributed by atoms with Crippen molar-refractivity contribution in [2.45, 2.75) is 4.21 Å². The van der Waals surface area contributed by atoms with E-state index >= 15 is 0 Å². The summed E-state index contributed by atoms with van der Waals surface area (Å²) in [4.78, 5) is 4.01. The summed E-state index contributed by atoms with van der Waals surface area (Å²) < 4.78 is 29.1. The van der Waals surface area contributed by atoms with Crippen molar-refractivity contribution < 1.29 is 8.42 Å². The first-order valence-corrected chi connectivity index (χ1v) is 9.08. The molecule has 0 aliphatic carbocycles. The summed E-state index contributed by atoms with van der Waals surface area (Å²) in [6, 6.07) is 15.9. The SMILES string of the molecule is O=S(=O)(/N=C(/Nc1cccnc1)c1ccccc1)c1cccs1. The third-order valence-corrected chi connectivity index (χ3v) is 5.58. The van der Waals surface area contributed by atoms with E-state index in [1.165, 1.54) is 6.07 Å². The average molecular weight is 343 g/mol. The third kappa shape index (κ3) is 3.82. The van der Waals surface area contributed by atoms with Gasteiger partial charge in [-0.1, -0.05) is 36.4 Å². The largest absolute Gasteiger partial charge is 0.338 e. The smallest absolute Gasteiger partial charge is 0.293 e. The predicted molar refractivity (Wildman–Crippen MR) is 92.3 cm³/mol. The summed E-state index contributed by atoms with van der Waals surface area (Å²) in [5.41, 5.74) is 1.34. The molecule has 3 rings (SSSR count). The van der Waals surface area contributed by atoms with Crippen LogP contribution >= 0.6 is 11.3 Å². The van der Waals surface area contributed by atoms with Crippen molar-refractivity contribution >= 4 is 32.9 Å². The second kappa shape index (κ2) is 6.72. The van der Waals surface area contributed by atoms with Gasteiger partial charge in [0.05, 0.1) is 11.9 Å². The number of hydrogen-bond acceptors (Lipinski definition) is 4. The minimum Gasteiger partial charge on any atom is -0.338 e. The van der Waals surface area contributed by atoms with Gasteiger partial charge in [0.2, 0.25) is 0 Å². The Morgan fingerprint density at radius 1 is 1.04 bits per heavy atom. The monoisotopic (exact) mass is 343 g/mol. The minimum atomic E-state index is -3.76. The molecule has 0 saturated carbocycles. The predicted octanol–water partition coefficient (Wildman–Crippen LogP) is 3.39. The van der Waals surface area contributed by atoms with Crippen LogP contribution in [0.4, 0.5) is 5.69 Å². The average Bonchev–Trinajstić information content (AvgIpc) is 3.11. The highest BCUT2D eigenvalue weighted by molar-refractivity contribution is 7.92. The van der Waals surface area contributed by atoms with E-state index in [1.54, 1.807) is 48.1 Å². The Morgan fingerprint density at radius 3 is 2.52 bits per heavy atom. The lowest BCUT2D eigenvalue weighted by Crippen LogP contribution is -2.16. The summed E-state index contributed by atoms with van der Waals surface area (Å²) in [6.07, 6.45) is 3.25. The molecule has 7 heteroatoms. The minimum absolute atomic E-state index is 0.207. The summed E-state index contributed by atoms with van der Waals surface area (Å²) >= 11 is 1.14. The molecule has 0 aliphatic heterocycles. The molecule has 2 aromatic heterocycles. The van der Waals surface area contributed by atoms with E-state index in [-0.39, 0.29) is 10.0 Å². The van der Waals surface area contributed by atoms with E-state index in [0.29, 0.717) is 11.3 Å². The van der Waals surface area contributed by atoms with Crippen LogP contribution < -0.4 is 5.32 Å². The van der Waals surface area contributed by atoms with Crippen molar-refractivity contribution in [3.8, 4) is 0 Å². The third-order valence-electron chi connectivity index (χ3n) is 2.93. The van der Waals surface area contributed by atoms with Gasteiger partial charge < -0.3 is 5.32 Å². The molecule has 0 aliphatic rings. The van der Waals surface area contributed by atoms with Crippen LogP contribution in [0.5, 0.6) is 0 Å². The molecule has 0 unspecified atom stereocenters. The van der Waals surface area contributed by atoms with Crippen LogP contribution in [-0.4, -0.2) is 19.2 Å². The number of hydrogen-bond donors (Lipinski definition) is 1. The molecule has 3 aromatic rings. The van der Waals surface area contributed by atoms with Crippen molar-refractivity contribution in [3.63, 3.8) is 0 Å². The lowest BCUT2D eigenvalue weighted by atomic mass is 10.2. The number of aromatic nitrogens is 1. The highest BCUT2D eigenvalue weighted by Gasteiger charge is 2.16. The van der Waals surface area contributed by atoms with Gasteiger partial charge in [0, 0.05) is 11.8 Å². The Labute approximate surface area is 138 Å². The summed E-state index contributed by atoms with van der Waals surface area (Å²) in [5.74, 6) is 0.256. The number of thiophene rings is 1. The topological polar surface area (TPSA) is 71.4 Å². The highest BCUT2D eigenvalue weighted by Crippen LogP contribution is 2.20. The van der Waals surface area contributed by atoms with Gasteiger partial charge >= 0.3 is 0 Å². The number of sulfonamides is 1. The van der Waals surface area contributed by atoms with Crippen molar-refractivity contribution in [1.82, 2.24) is 4.98 Å². The van der Waals surface area contributed by atoms with Crippen LogP contribution in [0.15, 0.2) is 81.0 Å². The first-order chi connectivity index (χ1) is 11.1. The first kappa shape index (κ1) is 15.4. The van der Waals surface area contributed by atoms with Crippen LogP contribution in [0.3, 0.4) is 0 Å². The Morgan fingerprint density at radius 2 is 1.87 bits per heavy atom. The number of nitrogens with zero attached hydrogens (tertiary/aromatic N) is 2. The van der Waals surface area contributed by atoms with E-state index < -0.39 is 10.0 Å². The second-order valence-electron chi connectivity index (χ2n) is 4.58. The van der Waals surface area contributed by atoms with Crippen molar-refractivity contribution in [1.29, 1.82) is 0 Å². The molecule has 5 nitrogen and oxygen atoms in total. The summed E-state index contributed by atoms with van der Waals surface area (Å²) in [7, 11) is -3.76. The molecule has 0 radical (unpaired) electrons. The molecule has 0 saturated heterocycles. The highest BCUT2D eigenvalue weighted by atomic mass is 32.2. The fourth-order valence-corrected chi connectivity index (χ4v) is 3.84. The van der Waals surface area contributed by atoms with Gasteiger partial charge in [0.1, 0.15) is 4.21 Å². The maximum atomic E-state index is 12.4. The molecule has 0 amide bonds. The molecule has 0 bridgehead atoms. The van der Waals surface area contributed by atoms with Gasteiger partial charge in [-0.05, 0) is 23.6 Å². The van der Waals surface area contributed by atoms with E-state index in [9.17, 15) is 8.42 Å². The van der Waals surface area contributed by atoms with Gasteiger partial charge in [-0.3, -0.25) is 4.98 Å². The standard InChI is InChI=1S/C16H13N3O2S2/c20-23(21,15-9-5-11-22-15)19-16(13-6-2-1-3-7-13)18-14-8-4-10-17-12-14/h1-12H,(H,18,19). The van der Waals surface area contributed by atoms with E-state index in [4.69, 9.17) is 0 Å². The first-order valence-electron chi connectivity index (χ1n) is 6.76. The number of rotatable bonds is 4. The van der Waals surface area contributed by atoms with Crippen LogP contribution in [0.25, 0.3) is 0 Å². The Balaban J connectivity index is 2.04. The van der Waals surface area contributed by atoms with Gasteiger partial charge in [-0.25, -0.2) is 0 Å². The van der Waals surface area contributed by atoms with Gasteiger partial charge in [-0.15, -0.1) is 15.7 Å². The summed E-state index contributed by atoms with van der Waals surface area (Å²) in [6.45, 7) is 0. The van der Waals surface area contributed by atoms with Crippen molar-refractivity contribution in [3.05, 3.63) is 77.9 Å². The quantitative estimate of drug-likeness (QED) is 0.582. The van der Waals surface area contributed by atoms with Gasteiger partial charge in [-0.2, -0.15) is 8.42 Å². The molecule has 0 atom stereocenters. The molecule has 0 fully saturated rings. The maximum absolute atomic E-state index is 12.4. The van der Waals surface area contributed by atoms with Crippen LogP contribution in [0.1, 0.15) is 5.56 Å². The zero-order valence-corrected chi connectivity index (χ0v) is 13.6. The maximum Gasteiger partial charge on any atom is 0.293 e. The fourth-order valence-electron chi connectivity index (χ4n) is 1.89. The van der Waals surface area contributed by atoms with E-state index in [0.717, 1.165) is 11.3 Å². The van der Waals surface area contributed by atoms with Gasteiger partial charge in [0.15, 0.2) is 5.84 Å². The normalized spacial score (nSPS) is 12.1. The Kier molecular flexibility index (Phi) is 4.50. The number of nitrogens with one attached hydrogen (secondary N) is 1. The lowest BCUT2D eigenvalue weighted by Gasteiger charge is -2.09. The zero-order valence-electron chi connectivity index (χ0n) is 12.0. The van der Waals surface area contributed by atoms with Crippen molar-refractivity contribution in [2.75, 3.05) is 5.32 Å². The van der Waals surface area contributed by atoms with Crippen LogP contribution in [0.2, 0.25) is 0 Å². The molecule has 2 heterocycles. The lowest BCUT2D eigenvalue weighted by molar-refractivity contribution is 0.600. The van der Waals surface area contributed by atoms with Crippen LogP contribution in [0, 0.1) is 0 Å². The number of benzene rings is 1. The molecule has 0 spiro atoms. The molecule has 23 heavy (non-hydrogen) atoms. The molecular weight excluding hydrogens is 330 g/mol. The number of amidine groups is 1. The van der Waals surface area contributed by atoms with Gasteiger partial charge in [0.25, 0.3) is 10.0 Å². The molecule has 1 aromatic carbocycles. The van der Waals surface area contributed by atoms with Crippen molar-refractivity contribution in [2.24, 2.45) is 4.40 Å². The second-order valence-corrected chi connectivity index (χ2v) is 7.36. The zero-order chi connectivity index (χ0) is 16.1. The Hall–Kier alpha value is -2.51. The number of pyridine rings is 1. The van der Waals surface area contributed by atoms with E-state index in [1.807, 2.05) is 18.2 Å². The Bertz CT molecular complexity index is 891. The summed E-state index contributed by atoms with van der Waals surface area (Å²) in [5, 5.41) is 4.73. The van der Waals surface area contributed by atoms with E-state index in [2.05, 4.69) is 14.7 Å². The fraction of sp³-hybridized carbons (Fsp3) is 0. The molecule has 1 N–H and O–H groups in total. The molecular formula is C16H13N3O2S2. The van der Waals surface area contributed by atoms with Crippen LogP contribution in [-0.2, 0) is 10.0 Å². The molecule has 116 valence electrons. The number of anilines is 1.